The monoisotopic (exact) mass is 414 g/mol. The summed E-state index contributed by atoms with van der Waals surface area (Å²) in [5.41, 5.74) is 18.3. The third-order valence-corrected chi connectivity index (χ3v) is 5.53. The molecular weight excluding hydrogens is 390 g/mol. The Bertz CT molecular complexity index is 1090. The van der Waals surface area contributed by atoms with Crippen molar-refractivity contribution in [2.75, 3.05) is 11.5 Å². The molecule has 4 aromatic rings. The molecule has 0 aliphatic rings. The molecule has 0 fully saturated rings. The van der Waals surface area contributed by atoms with Crippen molar-refractivity contribution < 1.29 is 8.78 Å². The van der Waals surface area contributed by atoms with E-state index in [1.165, 1.54) is 23.3 Å². The normalized spacial score (nSPS) is 10.9. The summed E-state index contributed by atoms with van der Waals surface area (Å²) in [6, 6.07) is 26.4. The Labute approximate surface area is 181 Å². The van der Waals surface area contributed by atoms with Gasteiger partial charge in [-0.2, -0.15) is 0 Å². The smallest absolute Gasteiger partial charge is 0.146 e. The van der Waals surface area contributed by atoms with Crippen LogP contribution in [-0.2, 0) is 19.3 Å². The highest BCUT2D eigenvalue weighted by molar-refractivity contribution is 5.51. The van der Waals surface area contributed by atoms with Crippen LogP contribution in [0.1, 0.15) is 33.4 Å². The summed E-state index contributed by atoms with van der Waals surface area (Å²) < 4.78 is 27.3. The maximum Gasteiger partial charge on any atom is 0.146 e. The van der Waals surface area contributed by atoms with Gasteiger partial charge in [0.15, 0.2) is 0 Å². The van der Waals surface area contributed by atoms with Crippen LogP contribution in [0.15, 0.2) is 84.9 Å². The van der Waals surface area contributed by atoms with Gasteiger partial charge in [0, 0.05) is 0 Å². The highest BCUT2D eigenvalue weighted by Crippen LogP contribution is 2.22. The quantitative estimate of drug-likeness (QED) is 0.386. The maximum absolute atomic E-state index is 13.6. The molecule has 0 amide bonds. The van der Waals surface area contributed by atoms with Crippen LogP contribution in [0.2, 0.25) is 0 Å². The van der Waals surface area contributed by atoms with E-state index in [0.29, 0.717) is 12.8 Å². The molecule has 0 atom stereocenters. The second-order valence-electron chi connectivity index (χ2n) is 7.79. The highest BCUT2D eigenvalue weighted by Gasteiger charge is 2.07. The molecule has 0 aromatic heterocycles. The van der Waals surface area contributed by atoms with E-state index in [9.17, 15) is 8.78 Å². The molecule has 0 saturated heterocycles. The summed E-state index contributed by atoms with van der Waals surface area (Å²) in [6.45, 7) is 0. The van der Waals surface area contributed by atoms with Crippen molar-refractivity contribution in [3.05, 3.63) is 130 Å². The number of anilines is 2. The Morgan fingerprint density at radius 1 is 0.452 bits per heavy atom. The Kier molecular flexibility index (Phi) is 5.99. The standard InChI is InChI=1S/C27H24F2N2/c28-24-5-1-3-22(26(24)30)16-20-11-7-18(8-12-20)15-19-9-13-21(14-10-19)17-23-4-2-6-25(29)27(23)31/h1-14H,15-17,30-31H2. The Hall–Kier alpha value is -3.66. The third-order valence-electron chi connectivity index (χ3n) is 5.53. The SMILES string of the molecule is Nc1c(F)cccc1Cc1ccc(Cc2ccc(Cc3cccc(F)c3N)cc2)cc1. The van der Waals surface area contributed by atoms with Crippen molar-refractivity contribution in [2.24, 2.45) is 0 Å². The minimum Gasteiger partial charge on any atom is -0.396 e. The molecule has 0 radical (unpaired) electrons. The zero-order valence-corrected chi connectivity index (χ0v) is 17.1. The van der Waals surface area contributed by atoms with Gasteiger partial charge in [-0.25, -0.2) is 8.78 Å². The van der Waals surface area contributed by atoms with Gasteiger partial charge in [0.1, 0.15) is 11.6 Å². The predicted octanol–water partition coefficient (Wildman–Crippen LogP) is 5.90. The second-order valence-corrected chi connectivity index (χ2v) is 7.79. The molecule has 4 N–H and O–H groups in total. The molecule has 2 nitrogen and oxygen atoms in total. The van der Waals surface area contributed by atoms with Crippen LogP contribution in [0.3, 0.4) is 0 Å². The number of benzene rings is 4. The average molecular weight is 414 g/mol. The topological polar surface area (TPSA) is 52.0 Å². The molecule has 0 aliphatic carbocycles. The summed E-state index contributed by atoms with van der Waals surface area (Å²) in [5.74, 6) is -0.754. The lowest BCUT2D eigenvalue weighted by atomic mass is 9.98. The fourth-order valence-corrected chi connectivity index (χ4v) is 3.70. The van der Waals surface area contributed by atoms with E-state index < -0.39 is 0 Å². The fourth-order valence-electron chi connectivity index (χ4n) is 3.70. The first kappa shape index (κ1) is 20.6. The summed E-state index contributed by atoms with van der Waals surface area (Å²) >= 11 is 0. The van der Waals surface area contributed by atoms with Crippen molar-refractivity contribution in [1.82, 2.24) is 0 Å². The molecule has 31 heavy (non-hydrogen) atoms. The van der Waals surface area contributed by atoms with E-state index in [-0.39, 0.29) is 23.0 Å². The summed E-state index contributed by atoms with van der Waals surface area (Å²) in [7, 11) is 0. The fraction of sp³-hybridized carbons (Fsp3) is 0.111. The van der Waals surface area contributed by atoms with Crippen molar-refractivity contribution in [3.8, 4) is 0 Å². The minimum absolute atomic E-state index is 0.215. The number of rotatable bonds is 6. The molecule has 156 valence electrons. The van der Waals surface area contributed by atoms with E-state index in [0.717, 1.165) is 28.7 Å². The van der Waals surface area contributed by atoms with Crippen molar-refractivity contribution in [1.29, 1.82) is 0 Å². The molecule has 0 aliphatic heterocycles. The minimum atomic E-state index is -0.377. The van der Waals surface area contributed by atoms with Gasteiger partial charge in [0.25, 0.3) is 0 Å². The molecule has 4 rings (SSSR count). The number of nitrogen functional groups attached to an aromatic ring is 2. The van der Waals surface area contributed by atoms with E-state index in [2.05, 4.69) is 48.5 Å². The largest absolute Gasteiger partial charge is 0.396 e. The number of hydrogen-bond acceptors (Lipinski definition) is 2. The maximum atomic E-state index is 13.6. The summed E-state index contributed by atoms with van der Waals surface area (Å²) in [6.07, 6.45) is 2.01. The van der Waals surface area contributed by atoms with Crippen LogP contribution < -0.4 is 11.5 Å². The van der Waals surface area contributed by atoms with Gasteiger partial charge in [0.2, 0.25) is 0 Å². The molecule has 0 saturated carbocycles. The van der Waals surface area contributed by atoms with Gasteiger partial charge in [-0.05, 0) is 64.8 Å². The van der Waals surface area contributed by atoms with Gasteiger partial charge in [-0.3, -0.25) is 0 Å². The third kappa shape index (κ3) is 4.92. The zero-order chi connectivity index (χ0) is 21.8. The number of halogens is 2. The number of para-hydroxylation sites is 2. The summed E-state index contributed by atoms with van der Waals surface area (Å²) in [5, 5.41) is 0. The van der Waals surface area contributed by atoms with Crippen molar-refractivity contribution >= 4 is 11.4 Å². The molecule has 0 spiro atoms. The molecular formula is C27H24F2N2. The number of hydrogen-bond donors (Lipinski definition) is 2. The van der Waals surface area contributed by atoms with Gasteiger partial charge in [0.05, 0.1) is 11.4 Å². The van der Waals surface area contributed by atoms with Crippen LogP contribution in [0, 0.1) is 11.6 Å². The average Bonchev–Trinajstić information content (AvgIpc) is 2.77. The first-order chi connectivity index (χ1) is 15.0. The Balaban J connectivity index is 1.40. The van der Waals surface area contributed by atoms with Crippen LogP contribution in [0.25, 0.3) is 0 Å². The van der Waals surface area contributed by atoms with Crippen molar-refractivity contribution in [2.45, 2.75) is 19.3 Å². The lowest BCUT2D eigenvalue weighted by Gasteiger charge is -2.09. The lowest BCUT2D eigenvalue weighted by molar-refractivity contribution is 0.630. The van der Waals surface area contributed by atoms with E-state index in [4.69, 9.17) is 11.5 Å². The summed E-state index contributed by atoms with van der Waals surface area (Å²) in [4.78, 5) is 0. The van der Waals surface area contributed by atoms with Crippen LogP contribution in [-0.4, -0.2) is 0 Å². The number of nitrogens with two attached hydrogens (primary N) is 2. The van der Waals surface area contributed by atoms with Gasteiger partial charge in [-0.15, -0.1) is 0 Å². The lowest BCUT2D eigenvalue weighted by Crippen LogP contribution is -1.99. The van der Waals surface area contributed by atoms with E-state index in [1.54, 1.807) is 12.1 Å². The van der Waals surface area contributed by atoms with Gasteiger partial charge >= 0.3 is 0 Å². The first-order valence-corrected chi connectivity index (χ1v) is 10.2. The zero-order valence-electron chi connectivity index (χ0n) is 17.1. The van der Waals surface area contributed by atoms with Gasteiger partial charge in [-0.1, -0.05) is 72.8 Å². The van der Waals surface area contributed by atoms with Crippen LogP contribution in [0.4, 0.5) is 20.2 Å². The molecule has 4 aromatic carbocycles. The van der Waals surface area contributed by atoms with E-state index >= 15 is 0 Å². The highest BCUT2D eigenvalue weighted by atomic mass is 19.1. The molecule has 4 heteroatoms. The first-order valence-electron chi connectivity index (χ1n) is 10.2. The molecule has 0 unspecified atom stereocenters. The van der Waals surface area contributed by atoms with E-state index in [1.807, 2.05) is 12.1 Å². The molecule has 0 heterocycles. The Morgan fingerprint density at radius 2 is 0.774 bits per heavy atom. The van der Waals surface area contributed by atoms with Gasteiger partial charge < -0.3 is 11.5 Å². The van der Waals surface area contributed by atoms with Crippen molar-refractivity contribution in [3.63, 3.8) is 0 Å². The second kappa shape index (κ2) is 9.00. The predicted molar refractivity (Wildman–Crippen MR) is 123 cm³/mol. The van der Waals surface area contributed by atoms with Crippen LogP contribution in [0.5, 0.6) is 0 Å². The molecule has 0 bridgehead atoms. The van der Waals surface area contributed by atoms with Crippen LogP contribution >= 0.6 is 0 Å². The Morgan fingerprint density at radius 3 is 1.13 bits per heavy atom.